The molecule has 4 aromatic rings. The molecular weight excluding hydrogens is 453 g/mol. The Morgan fingerprint density at radius 1 is 1.03 bits per heavy atom. The molecule has 0 aliphatic heterocycles. The maximum absolute atomic E-state index is 12.0. The summed E-state index contributed by atoms with van der Waals surface area (Å²) in [5.41, 5.74) is 4.67. The topological polar surface area (TPSA) is 67.2 Å². The molecule has 0 aliphatic rings. The van der Waals surface area contributed by atoms with Gasteiger partial charge in [0.2, 0.25) is 0 Å². The van der Waals surface area contributed by atoms with Crippen LogP contribution < -0.4 is 5.43 Å². The molecular formula is C21H18N4OS4. The zero-order valence-corrected chi connectivity index (χ0v) is 19.3. The lowest BCUT2D eigenvalue weighted by Gasteiger charge is -2.04. The van der Waals surface area contributed by atoms with E-state index < -0.39 is 0 Å². The largest absolute Gasteiger partial charge is 0.272 e. The molecule has 2 aromatic heterocycles. The molecule has 0 saturated heterocycles. The molecule has 0 fully saturated rings. The summed E-state index contributed by atoms with van der Waals surface area (Å²) in [7, 11) is 0. The van der Waals surface area contributed by atoms with Crippen LogP contribution in [0.3, 0.4) is 0 Å². The van der Waals surface area contributed by atoms with Crippen molar-refractivity contribution >= 4 is 68.6 Å². The van der Waals surface area contributed by atoms with E-state index >= 15 is 0 Å². The molecule has 0 unspecified atom stereocenters. The summed E-state index contributed by atoms with van der Waals surface area (Å²) < 4.78 is 1.68. The minimum Gasteiger partial charge on any atom is -0.272 e. The number of hydrogen-bond donors (Lipinski definition) is 1. The number of nitrogens with one attached hydrogen (secondary N) is 1. The molecule has 9 heteroatoms. The van der Waals surface area contributed by atoms with E-state index in [2.05, 4.69) is 63.2 Å². The fourth-order valence-electron chi connectivity index (χ4n) is 2.72. The van der Waals surface area contributed by atoms with Crippen molar-refractivity contribution in [1.29, 1.82) is 0 Å². The van der Waals surface area contributed by atoms with Gasteiger partial charge in [0.15, 0.2) is 8.68 Å². The van der Waals surface area contributed by atoms with Crippen LogP contribution in [0.4, 0.5) is 0 Å². The summed E-state index contributed by atoms with van der Waals surface area (Å²) in [6.45, 7) is 1.88. The third-order valence-corrected chi connectivity index (χ3v) is 8.39. The number of carbonyl (C=O) groups excluding carboxylic acids is 1. The summed E-state index contributed by atoms with van der Waals surface area (Å²) in [6.07, 6.45) is 0. The van der Waals surface area contributed by atoms with Crippen LogP contribution in [0.1, 0.15) is 17.4 Å². The average Bonchev–Trinajstić information content (AvgIpc) is 3.47. The Balaban J connectivity index is 1.28. The van der Waals surface area contributed by atoms with Gasteiger partial charge in [0.25, 0.3) is 5.91 Å². The summed E-state index contributed by atoms with van der Waals surface area (Å²) in [4.78, 5) is 13.1. The van der Waals surface area contributed by atoms with E-state index in [9.17, 15) is 4.79 Å². The van der Waals surface area contributed by atoms with Crippen LogP contribution in [0.15, 0.2) is 73.8 Å². The van der Waals surface area contributed by atoms with E-state index in [1.54, 1.807) is 23.1 Å². The van der Waals surface area contributed by atoms with Gasteiger partial charge >= 0.3 is 0 Å². The first-order valence-electron chi connectivity index (χ1n) is 9.12. The molecule has 0 radical (unpaired) electrons. The third kappa shape index (κ3) is 5.48. The molecule has 0 saturated carbocycles. The number of benzene rings is 2. The lowest BCUT2D eigenvalue weighted by Crippen LogP contribution is -2.20. The lowest BCUT2D eigenvalue weighted by molar-refractivity contribution is -0.118. The van der Waals surface area contributed by atoms with Gasteiger partial charge in [-0.2, -0.15) is 5.10 Å². The van der Waals surface area contributed by atoms with E-state index in [1.807, 2.05) is 24.4 Å². The Morgan fingerprint density at radius 2 is 1.83 bits per heavy atom. The number of hydrogen-bond acceptors (Lipinski definition) is 8. The van der Waals surface area contributed by atoms with Crippen molar-refractivity contribution in [2.45, 2.75) is 21.4 Å². The Labute approximate surface area is 191 Å². The molecule has 1 amide bonds. The number of hydrazone groups is 1. The molecule has 30 heavy (non-hydrogen) atoms. The quantitative estimate of drug-likeness (QED) is 0.204. The second kappa shape index (κ2) is 10.2. The van der Waals surface area contributed by atoms with Gasteiger partial charge in [-0.25, -0.2) is 5.43 Å². The number of nitrogens with zero attached hydrogens (tertiary/aromatic N) is 3. The number of amides is 1. The summed E-state index contributed by atoms with van der Waals surface area (Å²) in [5.74, 6) is 0.929. The number of thiophene rings is 1. The van der Waals surface area contributed by atoms with Crippen LogP contribution in [0.5, 0.6) is 0 Å². The van der Waals surface area contributed by atoms with Crippen molar-refractivity contribution in [2.75, 3.05) is 5.75 Å². The summed E-state index contributed by atoms with van der Waals surface area (Å²) in [5, 5.41) is 17.1. The van der Waals surface area contributed by atoms with Gasteiger partial charge in [-0.3, -0.25) is 4.79 Å². The molecule has 0 bridgehead atoms. The van der Waals surface area contributed by atoms with E-state index in [0.29, 0.717) is 0 Å². The van der Waals surface area contributed by atoms with Crippen LogP contribution in [0, 0.1) is 0 Å². The lowest BCUT2D eigenvalue weighted by atomic mass is 10.1. The van der Waals surface area contributed by atoms with Gasteiger partial charge in [0, 0.05) is 10.6 Å². The van der Waals surface area contributed by atoms with E-state index in [4.69, 9.17) is 0 Å². The van der Waals surface area contributed by atoms with Gasteiger partial charge in [-0.05, 0) is 34.7 Å². The van der Waals surface area contributed by atoms with Crippen molar-refractivity contribution < 1.29 is 4.79 Å². The van der Waals surface area contributed by atoms with E-state index in [0.717, 1.165) is 25.0 Å². The normalized spacial score (nSPS) is 11.7. The second-order valence-corrected chi connectivity index (χ2v) is 10.6. The molecule has 2 heterocycles. The summed E-state index contributed by atoms with van der Waals surface area (Å²) in [6, 6.07) is 18.7. The molecule has 0 atom stereocenters. The minimum absolute atomic E-state index is 0.156. The smallest absolute Gasteiger partial charge is 0.250 e. The maximum Gasteiger partial charge on any atom is 0.250 e. The standard InChI is InChI=1S/C21H18N4OS4/c1-14(18-10-5-11-27-18)22-23-19(26)13-29-21-25-24-20(30-21)28-12-16-8-4-7-15-6-2-3-9-17(15)16/h2-11H,12-13H2,1H3,(H,23,26). The highest BCUT2D eigenvalue weighted by Crippen LogP contribution is 2.32. The predicted octanol–water partition coefficient (Wildman–Crippen LogP) is 5.68. The zero-order valence-electron chi connectivity index (χ0n) is 16.1. The SMILES string of the molecule is CC(=NNC(=O)CSc1nnc(SCc2cccc3ccccc23)s1)c1cccs1. The first-order valence-corrected chi connectivity index (χ1v) is 12.8. The van der Waals surface area contributed by atoms with Gasteiger partial charge in [-0.15, -0.1) is 21.5 Å². The van der Waals surface area contributed by atoms with Crippen molar-refractivity contribution in [3.8, 4) is 0 Å². The van der Waals surface area contributed by atoms with Crippen LogP contribution in [0.25, 0.3) is 10.8 Å². The summed E-state index contributed by atoms with van der Waals surface area (Å²) >= 11 is 6.15. The minimum atomic E-state index is -0.156. The number of fused-ring (bicyclic) bond motifs is 1. The van der Waals surface area contributed by atoms with Crippen LogP contribution in [0.2, 0.25) is 0 Å². The molecule has 4 rings (SSSR count). The van der Waals surface area contributed by atoms with Crippen molar-refractivity contribution in [1.82, 2.24) is 15.6 Å². The molecule has 0 spiro atoms. The predicted molar refractivity (Wildman–Crippen MR) is 129 cm³/mol. The molecule has 2 aromatic carbocycles. The fourth-order valence-corrected chi connectivity index (χ4v) is 6.21. The first kappa shape index (κ1) is 21.0. The van der Waals surface area contributed by atoms with Gasteiger partial charge in [0.05, 0.1) is 11.5 Å². The molecule has 0 aliphatic carbocycles. The Kier molecular flexibility index (Phi) is 7.16. The highest BCUT2D eigenvalue weighted by atomic mass is 32.2. The number of thioether (sulfide) groups is 2. The number of rotatable bonds is 8. The van der Waals surface area contributed by atoms with Gasteiger partial charge in [0.1, 0.15) is 0 Å². The van der Waals surface area contributed by atoms with E-state index in [-0.39, 0.29) is 11.7 Å². The fraction of sp³-hybridized carbons (Fsp3) is 0.143. The Bertz CT molecular complexity index is 1170. The van der Waals surface area contributed by atoms with E-state index in [1.165, 1.54) is 39.4 Å². The number of aromatic nitrogens is 2. The maximum atomic E-state index is 12.0. The highest BCUT2D eigenvalue weighted by molar-refractivity contribution is 8.03. The van der Waals surface area contributed by atoms with Crippen molar-refractivity contribution in [3.63, 3.8) is 0 Å². The molecule has 152 valence electrons. The average molecular weight is 471 g/mol. The monoisotopic (exact) mass is 470 g/mol. The zero-order chi connectivity index (χ0) is 20.8. The third-order valence-electron chi connectivity index (χ3n) is 4.17. The highest BCUT2D eigenvalue weighted by Gasteiger charge is 2.10. The Hall–Kier alpha value is -2.20. The first-order chi connectivity index (χ1) is 14.7. The molecule has 1 N–H and O–H groups in total. The van der Waals surface area contributed by atoms with Crippen LogP contribution in [-0.2, 0) is 10.5 Å². The second-order valence-electron chi connectivity index (χ2n) is 6.26. The van der Waals surface area contributed by atoms with Crippen molar-refractivity contribution in [3.05, 3.63) is 70.4 Å². The van der Waals surface area contributed by atoms with Gasteiger partial charge < -0.3 is 0 Å². The molecule has 5 nitrogen and oxygen atoms in total. The Morgan fingerprint density at radius 3 is 2.67 bits per heavy atom. The van der Waals surface area contributed by atoms with Crippen molar-refractivity contribution in [2.24, 2.45) is 5.10 Å². The van der Waals surface area contributed by atoms with Crippen LogP contribution >= 0.6 is 46.2 Å². The van der Waals surface area contributed by atoms with Crippen LogP contribution in [-0.4, -0.2) is 27.6 Å². The number of carbonyl (C=O) groups is 1. The van der Waals surface area contributed by atoms with Gasteiger partial charge in [-0.1, -0.05) is 83.4 Å².